The highest BCUT2D eigenvalue weighted by Crippen LogP contribution is 2.37. The zero-order valence-corrected chi connectivity index (χ0v) is 21.3. The molecule has 8 heteroatoms. The molecule has 1 aliphatic carbocycles. The van der Waals surface area contributed by atoms with Crippen LogP contribution in [-0.4, -0.2) is 15.9 Å². The molecule has 4 rings (SSSR count). The van der Waals surface area contributed by atoms with E-state index in [0.717, 1.165) is 29.9 Å². The van der Waals surface area contributed by atoms with Crippen LogP contribution >= 0.6 is 23.2 Å². The number of nitrogens with two attached hydrogens (primary N) is 1. The monoisotopic (exact) mass is 514 g/mol. The van der Waals surface area contributed by atoms with Crippen LogP contribution in [-0.2, 0) is 0 Å². The Kier molecular flexibility index (Phi) is 7.92. The van der Waals surface area contributed by atoms with Gasteiger partial charge in [-0.25, -0.2) is 4.39 Å². The molecular weight excluding hydrogens is 486 g/mol. The Morgan fingerprint density at radius 3 is 2.57 bits per heavy atom. The van der Waals surface area contributed by atoms with Crippen molar-refractivity contribution in [3.8, 4) is 17.0 Å². The SMILES string of the molecule is CC1CCCC(C(=N)c2ccc(-c3cc(OC(C)c4c(Cl)ccc(F)c4Cl)c(N)nn3)cc2)CC1. The smallest absolute Gasteiger partial charge is 0.188 e. The number of anilines is 1. The molecule has 3 atom stereocenters. The van der Waals surface area contributed by atoms with Gasteiger partial charge >= 0.3 is 0 Å². The number of nitrogens with zero attached hydrogens (tertiary/aromatic N) is 2. The molecule has 5 nitrogen and oxygen atoms in total. The zero-order valence-electron chi connectivity index (χ0n) is 19.8. The van der Waals surface area contributed by atoms with Crippen LogP contribution in [0.4, 0.5) is 10.2 Å². The highest BCUT2D eigenvalue weighted by Gasteiger charge is 2.22. The Hall–Kier alpha value is -2.70. The highest BCUT2D eigenvalue weighted by molar-refractivity contribution is 6.36. The lowest BCUT2D eigenvalue weighted by atomic mass is 9.89. The van der Waals surface area contributed by atoms with Crippen molar-refractivity contribution in [3.05, 3.63) is 69.5 Å². The number of aromatic nitrogens is 2. The van der Waals surface area contributed by atoms with Crippen LogP contribution in [0.25, 0.3) is 11.3 Å². The molecule has 2 aromatic carbocycles. The Bertz CT molecular complexity index is 1220. The Morgan fingerprint density at radius 2 is 1.83 bits per heavy atom. The number of nitrogens with one attached hydrogen (secondary N) is 1. The molecule has 3 unspecified atom stereocenters. The molecule has 0 saturated heterocycles. The summed E-state index contributed by atoms with van der Waals surface area (Å²) < 4.78 is 19.9. The summed E-state index contributed by atoms with van der Waals surface area (Å²) in [4.78, 5) is 0. The number of nitrogen functional groups attached to an aromatic ring is 1. The van der Waals surface area contributed by atoms with E-state index in [0.29, 0.717) is 33.7 Å². The average Bonchev–Trinajstić information content (AvgIpc) is 3.07. The fraction of sp³-hybridized carbons (Fsp3) is 0.370. The molecule has 184 valence electrons. The van der Waals surface area contributed by atoms with E-state index in [1.807, 2.05) is 24.3 Å². The Labute approximate surface area is 215 Å². The number of halogens is 3. The van der Waals surface area contributed by atoms with Crippen molar-refractivity contribution in [1.29, 1.82) is 5.41 Å². The number of ether oxygens (including phenoxy) is 1. The van der Waals surface area contributed by atoms with Crippen LogP contribution in [0.15, 0.2) is 42.5 Å². The fourth-order valence-corrected chi connectivity index (χ4v) is 5.29. The van der Waals surface area contributed by atoms with Gasteiger partial charge in [-0.2, -0.15) is 0 Å². The summed E-state index contributed by atoms with van der Waals surface area (Å²) in [7, 11) is 0. The average molecular weight is 515 g/mol. The summed E-state index contributed by atoms with van der Waals surface area (Å²) in [5.74, 6) is 0.872. The van der Waals surface area contributed by atoms with E-state index in [1.165, 1.54) is 31.4 Å². The van der Waals surface area contributed by atoms with E-state index in [9.17, 15) is 4.39 Å². The van der Waals surface area contributed by atoms with Gasteiger partial charge in [-0.3, -0.25) is 0 Å². The first-order valence-electron chi connectivity index (χ1n) is 11.9. The van der Waals surface area contributed by atoms with Crippen LogP contribution in [0.2, 0.25) is 10.0 Å². The number of hydrogen-bond acceptors (Lipinski definition) is 5. The van der Waals surface area contributed by atoms with Gasteiger partial charge in [-0.05, 0) is 43.4 Å². The normalized spacial score (nSPS) is 19.1. The van der Waals surface area contributed by atoms with Crippen molar-refractivity contribution >= 4 is 34.7 Å². The van der Waals surface area contributed by atoms with Gasteiger partial charge in [0.1, 0.15) is 11.9 Å². The minimum atomic E-state index is -0.671. The molecular formula is C27H29Cl2FN4O. The van der Waals surface area contributed by atoms with Gasteiger partial charge in [0, 0.05) is 33.8 Å². The van der Waals surface area contributed by atoms with Crippen LogP contribution in [0.3, 0.4) is 0 Å². The number of benzene rings is 2. The third-order valence-corrected chi connectivity index (χ3v) is 7.45. The van der Waals surface area contributed by atoms with Gasteiger partial charge in [0.25, 0.3) is 0 Å². The maximum absolute atomic E-state index is 14.0. The molecule has 3 aromatic rings. The van der Waals surface area contributed by atoms with Crippen molar-refractivity contribution in [2.75, 3.05) is 5.73 Å². The van der Waals surface area contributed by atoms with E-state index in [-0.39, 0.29) is 10.8 Å². The first-order valence-corrected chi connectivity index (χ1v) is 12.6. The second-order valence-corrected chi connectivity index (χ2v) is 10.1. The minimum Gasteiger partial charge on any atom is -0.482 e. The molecule has 0 bridgehead atoms. The lowest BCUT2D eigenvalue weighted by Crippen LogP contribution is -2.14. The second-order valence-electron chi connectivity index (χ2n) is 9.30. The van der Waals surface area contributed by atoms with Crippen molar-refractivity contribution in [2.45, 2.75) is 52.1 Å². The van der Waals surface area contributed by atoms with Gasteiger partial charge in [0.15, 0.2) is 11.6 Å². The second kappa shape index (κ2) is 10.9. The molecule has 3 N–H and O–H groups in total. The lowest BCUT2D eigenvalue weighted by Gasteiger charge is -2.19. The fourth-order valence-electron chi connectivity index (χ4n) is 4.62. The van der Waals surface area contributed by atoms with Gasteiger partial charge in [-0.1, -0.05) is 73.7 Å². The number of rotatable bonds is 6. The molecule has 1 fully saturated rings. The summed E-state index contributed by atoms with van der Waals surface area (Å²) in [6.45, 7) is 4.01. The first-order chi connectivity index (χ1) is 16.7. The van der Waals surface area contributed by atoms with Crippen LogP contribution in [0.1, 0.15) is 63.2 Å². The van der Waals surface area contributed by atoms with E-state index in [1.54, 1.807) is 13.0 Å². The highest BCUT2D eigenvalue weighted by atomic mass is 35.5. The molecule has 35 heavy (non-hydrogen) atoms. The molecule has 0 amide bonds. The molecule has 1 aromatic heterocycles. The van der Waals surface area contributed by atoms with Crippen LogP contribution in [0, 0.1) is 23.1 Å². The van der Waals surface area contributed by atoms with Gasteiger partial charge < -0.3 is 15.9 Å². The molecule has 0 spiro atoms. The molecule has 0 radical (unpaired) electrons. The molecule has 0 aliphatic heterocycles. The van der Waals surface area contributed by atoms with Crippen molar-refractivity contribution < 1.29 is 9.13 Å². The first kappa shape index (κ1) is 25.4. The van der Waals surface area contributed by atoms with Gasteiger partial charge in [0.05, 0.1) is 10.7 Å². The zero-order chi connectivity index (χ0) is 25.1. The summed E-state index contributed by atoms with van der Waals surface area (Å²) in [6, 6.07) is 12.1. The molecule has 1 saturated carbocycles. The third-order valence-electron chi connectivity index (χ3n) is 6.73. The van der Waals surface area contributed by atoms with E-state index in [4.69, 9.17) is 39.1 Å². The van der Waals surface area contributed by atoms with Gasteiger partial charge in [-0.15, -0.1) is 10.2 Å². The maximum Gasteiger partial charge on any atom is 0.188 e. The molecule has 1 heterocycles. The van der Waals surface area contributed by atoms with E-state index >= 15 is 0 Å². The third kappa shape index (κ3) is 5.76. The predicted molar refractivity (Wildman–Crippen MR) is 140 cm³/mol. The van der Waals surface area contributed by atoms with Crippen LogP contribution < -0.4 is 10.5 Å². The van der Waals surface area contributed by atoms with Crippen molar-refractivity contribution in [2.24, 2.45) is 11.8 Å². The molecule has 1 aliphatic rings. The summed E-state index contributed by atoms with van der Waals surface area (Å²) in [5, 5.41) is 17.2. The topological polar surface area (TPSA) is 84.9 Å². The summed E-state index contributed by atoms with van der Waals surface area (Å²) in [6.07, 6.45) is 5.09. The van der Waals surface area contributed by atoms with Crippen molar-refractivity contribution in [3.63, 3.8) is 0 Å². The lowest BCUT2D eigenvalue weighted by molar-refractivity contribution is 0.227. The summed E-state index contributed by atoms with van der Waals surface area (Å²) in [5.41, 5.74) is 9.36. The Morgan fingerprint density at radius 1 is 1.09 bits per heavy atom. The minimum absolute atomic E-state index is 0.0908. The maximum atomic E-state index is 14.0. The van der Waals surface area contributed by atoms with E-state index < -0.39 is 11.9 Å². The van der Waals surface area contributed by atoms with Gasteiger partial charge in [0.2, 0.25) is 0 Å². The standard InChI is InChI=1S/C27H29Cl2FN4O/c1-15-4-3-5-18(7-6-15)26(31)19-10-8-17(9-11-19)22-14-23(27(32)34-33-22)35-16(2)24-20(28)12-13-21(30)25(24)29/h8-16,18,31H,3-7H2,1-2H3,(H2,32,34). The Balaban J connectivity index is 1.53. The summed E-state index contributed by atoms with van der Waals surface area (Å²) >= 11 is 12.4. The largest absolute Gasteiger partial charge is 0.482 e. The van der Waals surface area contributed by atoms with Crippen molar-refractivity contribution in [1.82, 2.24) is 10.2 Å². The quantitative estimate of drug-likeness (QED) is 0.199. The number of hydrogen-bond donors (Lipinski definition) is 2. The van der Waals surface area contributed by atoms with Crippen LogP contribution in [0.5, 0.6) is 5.75 Å². The van der Waals surface area contributed by atoms with E-state index in [2.05, 4.69) is 17.1 Å². The predicted octanol–water partition coefficient (Wildman–Crippen LogP) is 7.90.